The van der Waals surface area contributed by atoms with Crippen molar-refractivity contribution in [3.63, 3.8) is 0 Å². The molecule has 0 spiro atoms. The lowest BCUT2D eigenvalue weighted by Crippen LogP contribution is -2.36. The van der Waals surface area contributed by atoms with Crippen LogP contribution in [-0.2, 0) is 15.8 Å². The third-order valence-electron chi connectivity index (χ3n) is 6.45. The third kappa shape index (κ3) is 5.10. The molecule has 2 aromatic heterocycles. The Labute approximate surface area is 221 Å². The average Bonchev–Trinajstić information content (AvgIpc) is 3.50. The Bertz CT molecular complexity index is 1560. The number of hydrogen-bond acceptors (Lipinski definition) is 8. The number of anilines is 5. The van der Waals surface area contributed by atoms with Gasteiger partial charge in [-0.25, -0.2) is 0 Å². The fourth-order valence-corrected chi connectivity index (χ4v) is 5.84. The van der Waals surface area contributed by atoms with Gasteiger partial charge >= 0.3 is 0 Å². The van der Waals surface area contributed by atoms with E-state index in [0.29, 0.717) is 41.9 Å². The smallest absolute Gasteiger partial charge is 0.241 e. The molecule has 0 saturated carbocycles. The molecule has 11 heteroatoms. The number of fused-ring (bicyclic) bond motifs is 2. The van der Waals surface area contributed by atoms with Crippen LogP contribution in [0.5, 0.6) is 5.75 Å². The molecule has 1 aliphatic rings. The second-order valence-electron chi connectivity index (χ2n) is 9.97. The highest BCUT2D eigenvalue weighted by atomic mass is 31.2. The lowest BCUT2D eigenvalue weighted by molar-refractivity contribution is -0.119. The summed E-state index contributed by atoms with van der Waals surface area (Å²) in [6.07, 6.45) is 2.57. The van der Waals surface area contributed by atoms with Crippen LogP contribution in [0.15, 0.2) is 48.7 Å². The summed E-state index contributed by atoms with van der Waals surface area (Å²) in [4.78, 5) is 29.1. The minimum absolute atomic E-state index is 0.0446. The summed E-state index contributed by atoms with van der Waals surface area (Å²) >= 11 is 0. The van der Waals surface area contributed by atoms with E-state index in [1.165, 1.54) is 0 Å². The van der Waals surface area contributed by atoms with Crippen LogP contribution in [0.3, 0.4) is 0 Å². The minimum atomic E-state index is -2.53. The predicted octanol–water partition coefficient (Wildman–Crippen LogP) is 4.15. The summed E-state index contributed by atoms with van der Waals surface area (Å²) in [6.45, 7) is 4.46. The van der Waals surface area contributed by atoms with Crippen LogP contribution >= 0.6 is 7.14 Å². The number of benzene rings is 2. The van der Waals surface area contributed by atoms with Gasteiger partial charge in [0.15, 0.2) is 0 Å². The Kier molecular flexibility index (Phi) is 6.86. The van der Waals surface area contributed by atoms with Gasteiger partial charge in [0.2, 0.25) is 11.9 Å². The number of nitrogens with zero attached hydrogens (tertiary/aromatic N) is 4. The van der Waals surface area contributed by atoms with Gasteiger partial charge in [-0.15, -0.1) is 0 Å². The molecular formula is C27H32N7O3P. The number of H-pyrrole nitrogens is 1. The monoisotopic (exact) mass is 533 g/mol. The second-order valence-corrected chi connectivity index (χ2v) is 13.2. The fraction of sp³-hybridized carbons (Fsp3) is 0.296. The summed E-state index contributed by atoms with van der Waals surface area (Å²) in [5.74, 6) is 1.60. The van der Waals surface area contributed by atoms with Gasteiger partial charge in [0, 0.05) is 23.7 Å². The molecule has 38 heavy (non-hydrogen) atoms. The number of aromatic amines is 1. The zero-order valence-electron chi connectivity index (χ0n) is 22.2. The van der Waals surface area contributed by atoms with Crippen LogP contribution in [0.2, 0.25) is 0 Å². The fourth-order valence-electron chi connectivity index (χ4n) is 4.69. The van der Waals surface area contributed by atoms with Gasteiger partial charge in [0.25, 0.3) is 0 Å². The Morgan fingerprint density at radius 1 is 1.13 bits per heavy atom. The molecule has 0 radical (unpaired) electrons. The van der Waals surface area contributed by atoms with E-state index < -0.39 is 7.14 Å². The maximum Gasteiger partial charge on any atom is 0.241 e. The Hall–Kier alpha value is -3.88. The van der Waals surface area contributed by atoms with E-state index in [1.807, 2.05) is 66.4 Å². The van der Waals surface area contributed by atoms with E-state index in [0.717, 1.165) is 34.0 Å². The van der Waals surface area contributed by atoms with Crippen LogP contribution in [-0.4, -0.2) is 73.4 Å². The van der Waals surface area contributed by atoms with E-state index in [2.05, 4.69) is 20.6 Å². The van der Waals surface area contributed by atoms with Gasteiger partial charge in [-0.2, -0.15) is 9.97 Å². The molecule has 0 aliphatic carbocycles. The lowest BCUT2D eigenvalue weighted by Gasteiger charge is -2.21. The van der Waals surface area contributed by atoms with E-state index in [4.69, 9.17) is 9.72 Å². The molecule has 0 bridgehead atoms. The largest absolute Gasteiger partial charge is 0.495 e. The first-order chi connectivity index (χ1) is 18.1. The number of methoxy groups -OCH3 is 1. The van der Waals surface area contributed by atoms with Gasteiger partial charge < -0.3 is 34.7 Å². The molecule has 2 aromatic carbocycles. The second kappa shape index (κ2) is 10.1. The van der Waals surface area contributed by atoms with Gasteiger partial charge in [-0.3, -0.25) is 4.79 Å². The molecule has 3 N–H and O–H groups in total. The molecule has 0 unspecified atom stereocenters. The van der Waals surface area contributed by atoms with Crippen molar-refractivity contribution in [3.8, 4) is 5.75 Å². The number of nitrogens with one attached hydrogen (secondary N) is 3. The number of ether oxygens (including phenoxy) is 1. The Balaban J connectivity index is 1.52. The number of rotatable bonds is 8. The normalized spacial score (nSPS) is 13.2. The minimum Gasteiger partial charge on any atom is -0.495 e. The molecule has 1 amide bonds. The van der Waals surface area contributed by atoms with Crippen LogP contribution in [0, 0.1) is 0 Å². The van der Waals surface area contributed by atoms with Crippen LogP contribution in [0.1, 0.15) is 5.56 Å². The van der Waals surface area contributed by atoms with E-state index >= 15 is 0 Å². The molecule has 0 saturated heterocycles. The summed E-state index contributed by atoms with van der Waals surface area (Å²) in [7, 11) is 2.85. The van der Waals surface area contributed by atoms with Gasteiger partial charge in [-0.05, 0) is 69.7 Å². The van der Waals surface area contributed by atoms with Crippen molar-refractivity contribution in [3.05, 3.63) is 54.2 Å². The number of carbonyl (C=O) groups is 1. The van der Waals surface area contributed by atoms with Crippen molar-refractivity contribution in [1.82, 2.24) is 19.9 Å². The molecule has 198 valence electrons. The van der Waals surface area contributed by atoms with E-state index in [1.54, 1.807) is 26.6 Å². The number of aromatic nitrogens is 3. The SMILES string of the molecule is COc1cc2c(cc1Nc1nc(Nc3ccccc3P(C)(C)=O)c3cc[nH]c3n1)N(C(=O)CN(C)C)CC2. The molecule has 4 aromatic rings. The summed E-state index contributed by atoms with van der Waals surface area (Å²) in [5, 5.41) is 8.22. The third-order valence-corrected chi connectivity index (χ3v) is 8.00. The Morgan fingerprint density at radius 2 is 1.92 bits per heavy atom. The Morgan fingerprint density at radius 3 is 2.66 bits per heavy atom. The summed E-state index contributed by atoms with van der Waals surface area (Å²) in [6, 6.07) is 13.3. The first-order valence-corrected chi connectivity index (χ1v) is 14.9. The molecular weight excluding hydrogens is 501 g/mol. The predicted molar refractivity (Wildman–Crippen MR) is 154 cm³/mol. The molecule has 0 fully saturated rings. The summed E-state index contributed by atoms with van der Waals surface area (Å²) in [5.41, 5.74) is 3.94. The van der Waals surface area contributed by atoms with Gasteiger partial charge in [-0.1, -0.05) is 12.1 Å². The molecule has 10 nitrogen and oxygen atoms in total. The van der Waals surface area contributed by atoms with E-state index in [-0.39, 0.29) is 5.91 Å². The van der Waals surface area contributed by atoms with Gasteiger partial charge in [0.1, 0.15) is 24.4 Å². The van der Waals surface area contributed by atoms with Crippen molar-refractivity contribution in [2.75, 3.05) is 63.2 Å². The first kappa shape index (κ1) is 25.8. The average molecular weight is 534 g/mol. The first-order valence-electron chi connectivity index (χ1n) is 12.3. The topological polar surface area (TPSA) is 115 Å². The van der Waals surface area contributed by atoms with Gasteiger partial charge in [0.05, 0.1) is 30.4 Å². The zero-order valence-corrected chi connectivity index (χ0v) is 23.1. The lowest BCUT2D eigenvalue weighted by atomic mass is 10.1. The number of para-hydroxylation sites is 1. The maximum absolute atomic E-state index is 12.9. The highest BCUT2D eigenvalue weighted by Gasteiger charge is 2.27. The number of amides is 1. The molecule has 0 atom stereocenters. The number of carbonyl (C=O) groups excluding carboxylic acids is 1. The maximum atomic E-state index is 12.9. The van der Waals surface area contributed by atoms with Crippen molar-refractivity contribution in [2.45, 2.75) is 6.42 Å². The van der Waals surface area contributed by atoms with Crippen LogP contribution < -0.4 is 25.6 Å². The molecule has 5 rings (SSSR count). The highest BCUT2D eigenvalue weighted by Crippen LogP contribution is 2.40. The zero-order chi connectivity index (χ0) is 27.0. The van der Waals surface area contributed by atoms with Crippen molar-refractivity contribution >= 4 is 58.2 Å². The molecule has 3 heterocycles. The van der Waals surface area contributed by atoms with Crippen LogP contribution in [0.4, 0.5) is 28.8 Å². The highest BCUT2D eigenvalue weighted by molar-refractivity contribution is 7.70. The van der Waals surface area contributed by atoms with Crippen LogP contribution in [0.25, 0.3) is 11.0 Å². The summed E-state index contributed by atoms with van der Waals surface area (Å²) < 4.78 is 18.6. The van der Waals surface area contributed by atoms with E-state index in [9.17, 15) is 9.36 Å². The van der Waals surface area contributed by atoms with Crippen molar-refractivity contribution < 1.29 is 14.1 Å². The molecule has 1 aliphatic heterocycles. The number of likely N-dealkylation sites (N-methyl/N-ethyl adjacent to an activating group) is 1. The quantitative estimate of drug-likeness (QED) is 0.290. The van der Waals surface area contributed by atoms with Crippen molar-refractivity contribution in [2.24, 2.45) is 0 Å². The van der Waals surface area contributed by atoms with Crippen molar-refractivity contribution in [1.29, 1.82) is 0 Å². The standard InChI is InChI=1S/C27H32N7O3P/c1-33(2)16-24(35)34-13-11-17-14-22(37-3)20(15-21(17)34)30-27-31-25-18(10-12-28-25)26(32-27)29-19-8-6-7-9-23(19)38(4,5)36/h6-10,12,14-15H,11,13,16H2,1-5H3,(H3,28,29,30,31,32). The number of hydrogen-bond donors (Lipinski definition) is 3.